The second-order valence-electron chi connectivity index (χ2n) is 16.7. The first-order valence-corrected chi connectivity index (χ1v) is 29.2. The van der Waals surface area contributed by atoms with Crippen molar-refractivity contribution in [1.82, 2.24) is 0 Å². The summed E-state index contributed by atoms with van der Waals surface area (Å²) in [5.74, 6) is 0.170. The molecule has 4 nitrogen and oxygen atoms in total. The molecular weight excluding hydrogens is 861 g/mol. The van der Waals surface area contributed by atoms with E-state index in [0.717, 1.165) is 19.3 Å². The van der Waals surface area contributed by atoms with E-state index < -0.39 is 32.6 Å². The molecule has 1 aliphatic carbocycles. The average Bonchev–Trinajstić information content (AvgIpc) is 3.38. The number of rotatable bonds is 18. The second-order valence-corrected chi connectivity index (χ2v) is 26.3. The van der Waals surface area contributed by atoms with Gasteiger partial charge in [-0.1, -0.05) is 0 Å². The molecule has 4 atom stereocenters. The van der Waals surface area contributed by atoms with Crippen LogP contribution in [0.2, 0.25) is 0 Å². The Bertz CT molecular complexity index is 2310. The zero-order valence-electron chi connectivity index (χ0n) is 36.2. The van der Waals surface area contributed by atoms with E-state index in [1.807, 2.05) is 0 Å². The molecule has 0 heterocycles. The summed E-state index contributed by atoms with van der Waals surface area (Å²) in [4.78, 5) is 0. The Labute approximate surface area is 384 Å². The summed E-state index contributed by atoms with van der Waals surface area (Å²) in [6.45, 7) is 0.496. The van der Waals surface area contributed by atoms with E-state index in [9.17, 15) is 0 Å². The van der Waals surface area contributed by atoms with Crippen LogP contribution in [0, 0.1) is 5.92 Å². The summed E-state index contributed by atoms with van der Waals surface area (Å²) >= 11 is 0. The predicted molar refractivity (Wildman–Crippen MR) is 285 cm³/mol. The maximum atomic E-state index is 7.73. The van der Waals surface area contributed by atoms with Gasteiger partial charge in [0, 0.05) is 0 Å². The molecule has 8 heteroatoms. The van der Waals surface area contributed by atoms with Crippen molar-refractivity contribution in [1.29, 1.82) is 0 Å². The summed E-state index contributed by atoms with van der Waals surface area (Å²) in [7, 11) is -8.55. The van der Waals surface area contributed by atoms with Crippen molar-refractivity contribution < 1.29 is 18.1 Å². The molecule has 0 N–H and O–H groups in total. The van der Waals surface area contributed by atoms with Gasteiger partial charge in [0.25, 0.3) is 0 Å². The van der Waals surface area contributed by atoms with Crippen LogP contribution in [0.5, 0.6) is 0 Å². The molecule has 0 saturated heterocycles. The number of benzene rings is 8. The fraction of sp³-hybridized carbons (Fsp3) is 0.143. The molecule has 64 heavy (non-hydrogen) atoms. The minimum absolute atomic E-state index is 0.0932. The summed E-state index contributed by atoms with van der Waals surface area (Å²) in [6, 6.07) is 86.9. The summed E-state index contributed by atoms with van der Waals surface area (Å²) in [5, 5.41) is 10.2. The van der Waals surface area contributed by atoms with E-state index in [1.165, 1.54) is 42.4 Å². The van der Waals surface area contributed by atoms with Gasteiger partial charge < -0.3 is 0 Å². The standard InChI is InChI=1S/C56H60O4P4/c1-9-25-46(26-10-1)61(47-27-11-2-12-28-47)57-44-56(60-64(52-37-21-7-22-38-52)53-39-23-8-24-40-53)45-41-42-54(58-62(48-29-13-3-14-30-48)49-31-15-4-16-32-49)55(43-45)59-63(50-33-17-5-18-34-50)51-35-19-6-20-36-51/h1-40,45,54-56H,41-44,61-64H2. The third-order valence-electron chi connectivity index (χ3n) is 12.5. The zero-order chi connectivity index (χ0) is 43.2. The van der Waals surface area contributed by atoms with Crippen LogP contribution in [-0.2, 0) is 18.1 Å². The third kappa shape index (κ3) is 11.6. The van der Waals surface area contributed by atoms with Crippen LogP contribution >= 0.6 is 32.6 Å². The van der Waals surface area contributed by atoms with E-state index in [-0.39, 0.29) is 24.2 Å². The molecule has 9 rings (SSSR count). The molecule has 4 unspecified atom stereocenters. The zero-order valence-corrected chi connectivity index (χ0v) is 40.8. The van der Waals surface area contributed by atoms with Crippen LogP contribution in [0.1, 0.15) is 19.3 Å². The summed E-state index contributed by atoms with van der Waals surface area (Å²) in [5.41, 5.74) is 0. The van der Waals surface area contributed by atoms with Gasteiger partial charge >= 0.3 is 386 Å². The molecule has 8 aromatic rings. The molecule has 1 saturated carbocycles. The van der Waals surface area contributed by atoms with Gasteiger partial charge in [0.05, 0.1) is 0 Å². The maximum absolute atomic E-state index is 7.73. The Hall–Kier alpha value is -4.68. The first-order valence-electron chi connectivity index (χ1n) is 22.7. The Kier molecular flexibility index (Phi) is 16.0. The second kappa shape index (κ2) is 23.0. The van der Waals surface area contributed by atoms with Crippen LogP contribution in [-0.4, -0.2) is 24.9 Å². The molecule has 0 radical (unpaired) electrons. The quantitative estimate of drug-likeness (QED) is 0.0807. The van der Waals surface area contributed by atoms with Crippen LogP contribution in [0.3, 0.4) is 0 Å². The van der Waals surface area contributed by atoms with Crippen molar-refractivity contribution in [2.24, 2.45) is 5.92 Å². The van der Waals surface area contributed by atoms with Crippen LogP contribution in [0.15, 0.2) is 243 Å². The van der Waals surface area contributed by atoms with E-state index in [4.69, 9.17) is 18.1 Å². The van der Waals surface area contributed by atoms with Gasteiger partial charge in [0.2, 0.25) is 0 Å². The Morgan fingerprint density at radius 2 is 0.609 bits per heavy atom. The molecule has 328 valence electrons. The van der Waals surface area contributed by atoms with Crippen molar-refractivity contribution in [3.05, 3.63) is 243 Å². The van der Waals surface area contributed by atoms with Crippen LogP contribution < -0.4 is 42.4 Å². The summed E-state index contributed by atoms with van der Waals surface area (Å²) < 4.78 is 30.4. The molecule has 0 aliphatic heterocycles. The van der Waals surface area contributed by atoms with Crippen molar-refractivity contribution in [2.75, 3.05) is 6.61 Å². The van der Waals surface area contributed by atoms with Crippen molar-refractivity contribution in [3.8, 4) is 0 Å². The molecule has 0 bridgehead atoms. The van der Waals surface area contributed by atoms with Gasteiger partial charge in [-0.25, -0.2) is 0 Å². The Balaban J connectivity index is 1.10. The normalized spacial score (nSPS) is 17.5. The van der Waals surface area contributed by atoms with Crippen LogP contribution in [0.4, 0.5) is 0 Å². The van der Waals surface area contributed by atoms with Gasteiger partial charge in [-0.05, 0) is 0 Å². The number of hydrogen-bond acceptors (Lipinski definition) is 4. The molecular formula is C56H60O4P4. The minimum atomic E-state index is -2.18. The predicted octanol–water partition coefficient (Wildman–Crippen LogP) is 9.01. The first-order chi connectivity index (χ1) is 31.8. The van der Waals surface area contributed by atoms with Crippen molar-refractivity contribution >= 4 is 75.0 Å². The fourth-order valence-corrected chi connectivity index (χ4v) is 19.0. The van der Waals surface area contributed by atoms with Gasteiger partial charge in [-0.15, -0.1) is 0 Å². The average molecular weight is 921 g/mol. The third-order valence-corrected chi connectivity index (χ3v) is 22.8. The van der Waals surface area contributed by atoms with Gasteiger partial charge in [-0.3, -0.25) is 0 Å². The van der Waals surface area contributed by atoms with Crippen molar-refractivity contribution in [3.63, 3.8) is 0 Å². The van der Waals surface area contributed by atoms with Crippen LogP contribution in [0.25, 0.3) is 0 Å². The van der Waals surface area contributed by atoms with E-state index in [1.54, 1.807) is 0 Å². The Morgan fingerprint density at radius 1 is 0.328 bits per heavy atom. The van der Waals surface area contributed by atoms with E-state index in [2.05, 4.69) is 243 Å². The summed E-state index contributed by atoms with van der Waals surface area (Å²) in [6.07, 6.45) is 2.19. The molecule has 0 spiro atoms. The number of hydrogen-bond donors (Lipinski definition) is 0. The topological polar surface area (TPSA) is 36.9 Å². The van der Waals surface area contributed by atoms with Crippen molar-refractivity contribution in [2.45, 2.75) is 37.6 Å². The molecule has 1 fully saturated rings. The van der Waals surface area contributed by atoms with Gasteiger partial charge in [-0.2, -0.15) is 0 Å². The Morgan fingerprint density at radius 3 is 0.938 bits per heavy atom. The molecule has 0 aromatic heterocycles. The molecule has 8 aromatic carbocycles. The van der Waals surface area contributed by atoms with E-state index >= 15 is 0 Å². The fourth-order valence-electron chi connectivity index (χ4n) is 9.23. The van der Waals surface area contributed by atoms with Gasteiger partial charge in [0.15, 0.2) is 0 Å². The molecule has 0 amide bonds. The molecule has 1 aliphatic rings. The SMILES string of the molecule is c1ccc([PH2](OCC(O[PH2](c2ccccc2)c2ccccc2)C2CCC(O[PH2](c3ccccc3)c3ccccc3)C(O[PH2](c3ccccc3)c3ccccc3)C2)c2ccccc2)cc1. The first kappa shape index (κ1) is 44.5. The van der Waals surface area contributed by atoms with Gasteiger partial charge in [0.1, 0.15) is 0 Å². The van der Waals surface area contributed by atoms with E-state index in [0.29, 0.717) is 6.61 Å². The monoisotopic (exact) mass is 920 g/mol.